The first-order valence-corrected chi connectivity index (χ1v) is 9.72. The van der Waals surface area contributed by atoms with Crippen LogP contribution in [0, 0.1) is 0 Å². The van der Waals surface area contributed by atoms with Gasteiger partial charge in [-0.3, -0.25) is 4.79 Å². The van der Waals surface area contributed by atoms with Gasteiger partial charge in [-0.05, 0) is 54.4 Å². The summed E-state index contributed by atoms with van der Waals surface area (Å²) >= 11 is 0. The minimum Gasteiger partial charge on any atom is -0.497 e. The van der Waals surface area contributed by atoms with E-state index >= 15 is 0 Å². The highest BCUT2D eigenvalue weighted by Gasteiger charge is 2.16. The van der Waals surface area contributed by atoms with E-state index < -0.39 is 11.7 Å². The zero-order chi connectivity index (χ0) is 21.8. The molecule has 31 heavy (non-hydrogen) atoms. The molecule has 7 heteroatoms. The number of hydrogen-bond donors (Lipinski definition) is 1. The third kappa shape index (κ3) is 4.61. The molecule has 0 bridgehead atoms. The molecule has 0 aliphatic carbocycles. The van der Waals surface area contributed by atoms with Crippen LogP contribution in [0.2, 0.25) is 0 Å². The Kier molecular flexibility index (Phi) is 5.75. The zero-order valence-corrected chi connectivity index (χ0v) is 17.1. The van der Waals surface area contributed by atoms with E-state index in [2.05, 4.69) is 5.32 Å². The Morgan fingerprint density at radius 2 is 1.84 bits per heavy atom. The summed E-state index contributed by atoms with van der Waals surface area (Å²) in [6.07, 6.45) is 0.800. The molecule has 7 nitrogen and oxygen atoms in total. The third-order valence-corrected chi connectivity index (χ3v) is 4.82. The Morgan fingerprint density at radius 1 is 1.06 bits per heavy atom. The summed E-state index contributed by atoms with van der Waals surface area (Å²) < 4.78 is 21.5. The van der Waals surface area contributed by atoms with E-state index in [1.54, 1.807) is 50.6 Å². The Hall–Kier alpha value is -4.00. The number of ether oxygens (including phenoxy) is 2. The van der Waals surface area contributed by atoms with Gasteiger partial charge in [0, 0.05) is 17.5 Å². The second-order valence-corrected chi connectivity index (χ2v) is 6.92. The second-order valence-electron chi connectivity index (χ2n) is 6.92. The lowest BCUT2D eigenvalue weighted by Crippen LogP contribution is -2.35. The molecule has 4 rings (SSSR count). The molecule has 0 unspecified atom stereocenters. The maximum absolute atomic E-state index is 12.3. The van der Waals surface area contributed by atoms with E-state index in [4.69, 9.17) is 18.3 Å². The van der Waals surface area contributed by atoms with Crippen LogP contribution in [0.4, 0.5) is 0 Å². The number of furan rings is 1. The van der Waals surface area contributed by atoms with Crippen LogP contribution in [-0.4, -0.2) is 19.1 Å². The van der Waals surface area contributed by atoms with E-state index in [1.165, 1.54) is 6.07 Å². The molecule has 0 aliphatic rings. The molecule has 2 heterocycles. The van der Waals surface area contributed by atoms with Gasteiger partial charge in [-0.15, -0.1) is 0 Å². The van der Waals surface area contributed by atoms with Gasteiger partial charge >= 0.3 is 5.63 Å². The van der Waals surface area contributed by atoms with Crippen molar-refractivity contribution in [2.24, 2.45) is 0 Å². The summed E-state index contributed by atoms with van der Waals surface area (Å²) in [7, 11) is 1.60. The minimum absolute atomic E-state index is 0.275. The lowest BCUT2D eigenvalue weighted by Gasteiger charge is -2.15. The van der Waals surface area contributed by atoms with Crippen molar-refractivity contribution in [3.63, 3.8) is 0 Å². The van der Waals surface area contributed by atoms with Gasteiger partial charge in [-0.25, -0.2) is 4.79 Å². The van der Waals surface area contributed by atoms with Crippen LogP contribution in [0.25, 0.3) is 22.1 Å². The SMILES string of the molecule is COc1ccc(-c2cc(=O)oc3cc(O[C@@H](C)C(=O)NCc4ccco4)ccc23)cc1. The van der Waals surface area contributed by atoms with E-state index in [1.807, 2.05) is 24.3 Å². The van der Waals surface area contributed by atoms with Crippen molar-refractivity contribution >= 4 is 16.9 Å². The summed E-state index contributed by atoms with van der Waals surface area (Å²) in [4.78, 5) is 24.4. The largest absolute Gasteiger partial charge is 0.497 e. The van der Waals surface area contributed by atoms with Crippen LogP contribution in [-0.2, 0) is 11.3 Å². The first-order valence-electron chi connectivity index (χ1n) is 9.72. The predicted molar refractivity (Wildman–Crippen MR) is 115 cm³/mol. The van der Waals surface area contributed by atoms with Gasteiger partial charge in [-0.2, -0.15) is 0 Å². The number of benzene rings is 2. The van der Waals surface area contributed by atoms with Crippen molar-refractivity contribution in [1.29, 1.82) is 0 Å². The summed E-state index contributed by atoms with van der Waals surface area (Å²) in [5, 5.41) is 3.51. The quantitative estimate of drug-likeness (QED) is 0.453. The Morgan fingerprint density at radius 3 is 2.55 bits per heavy atom. The molecule has 1 amide bonds. The molecule has 2 aromatic carbocycles. The van der Waals surface area contributed by atoms with E-state index in [9.17, 15) is 9.59 Å². The second kappa shape index (κ2) is 8.79. The fraction of sp³-hybridized carbons (Fsp3) is 0.167. The molecular formula is C24H21NO6. The molecule has 0 saturated heterocycles. The van der Waals surface area contributed by atoms with Crippen molar-refractivity contribution in [2.75, 3.05) is 7.11 Å². The highest BCUT2D eigenvalue weighted by atomic mass is 16.5. The number of carbonyl (C=O) groups excluding carboxylic acids is 1. The van der Waals surface area contributed by atoms with Crippen LogP contribution in [0.1, 0.15) is 12.7 Å². The van der Waals surface area contributed by atoms with Crippen LogP contribution in [0.3, 0.4) is 0 Å². The number of fused-ring (bicyclic) bond motifs is 1. The molecule has 2 aromatic heterocycles. The van der Waals surface area contributed by atoms with Gasteiger partial charge in [-0.1, -0.05) is 12.1 Å². The summed E-state index contributed by atoms with van der Waals surface area (Å²) in [6.45, 7) is 1.92. The normalized spacial score (nSPS) is 11.8. The zero-order valence-electron chi connectivity index (χ0n) is 17.1. The highest BCUT2D eigenvalue weighted by Crippen LogP contribution is 2.31. The van der Waals surface area contributed by atoms with Crippen LogP contribution < -0.4 is 20.4 Å². The smallest absolute Gasteiger partial charge is 0.336 e. The lowest BCUT2D eigenvalue weighted by molar-refractivity contribution is -0.127. The highest BCUT2D eigenvalue weighted by molar-refractivity contribution is 5.94. The predicted octanol–water partition coefficient (Wildman–Crippen LogP) is 4.15. The minimum atomic E-state index is -0.746. The van der Waals surface area contributed by atoms with E-state index in [-0.39, 0.29) is 12.5 Å². The first kappa shape index (κ1) is 20.3. The number of hydrogen-bond acceptors (Lipinski definition) is 6. The molecule has 0 radical (unpaired) electrons. The van der Waals surface area contributed by atoms with Gasteiger partial charge in [0.1, 0.15) is 22.8 Å². The third-order valence-electron chi connectivity index (χ3n) is 4.82. The van der Waals surface area contributed by atoms with Gasteiger partial charge in [0.2, 0.25) is 0 Å². The average Bonchev–Trinajstić information content (AvgIpc) is 3.30. The van der Waals surface area contributed by atoms with Crippen molar-refractivity contribution in [3.8, 4) is 22.6 Å². The van der Waals surface area contributed by atoms with Crippen LogP contribution in [0.5, 0.6) is 11.5 Å². The maximum atomic E-state index is 12.3. The van der Waals surface area contributed by atoms with E-state index in [0.29, 0.717) is 17.1 Å². The van der Waals surface area contributed by atoms with Gasteiger partial charge in [0.15, 0.2) is 6.10 Å². The maximum Gasteiger partial charge on any atom is 0.336 e. The van der Waals surface area contributed by atoms with Crippen molar-refractivity contribution in [2.45, 2.75) is 19.6 Å². The fourth-order valence-electron chi connectivity index (χ4n) is 3.21. The van der Waals surface area contributed by atoms with Crippen molar-refractivity contribution < 1.29 is 23.1 Å². The number of methoxy groups -OCH3 is 1. The standard InChI is InChI=1S/C24H21NO6/c1-15(24(27)25-14-19-4-3-11-29-19)30-18-9-10-20-21(13-23(26)31-22(20)12-18)16-5-7-17(28-2)8-6-16/h3-13,15H,14H2,1-2H3,(H,25,27)/t15-/m0/s1. The van der Waals surface area contributed by atoms with Crippen molar-refractivity contribution in [3.05, 3.63) is 83.1 Å². The lowest BCUT2D eigenvalue weighted by atomic mass is 10.0. The van der Waals surface area contributed by atoms with Gasteiger partial charge in [0.05, 0.1) is 19.9 Å². The molecule has 0 aliphatic heterocycles. The molecule has 1 N–H and O–H groups in total. The van der Waals surface area contributed by atoms with Crippen LogP contribution >= 0.6 is 0 Å². The number of nitrogens with one attached hydrogen (secondary N) is 1. The average molecular weight is 419 g/mol. The summed E-state index contributed by atoms with van der Waals surface area (Å²) in [6, 6.07) is 17.6. The van der Waals surface area contributed by atoms with Crippen molar-refractivity contribution in [1.82, 2.24) is 5.32 Å². The van der Waals surface area contributed by atoms with Gasteiger partial charge in [0.25, 0.3) is 5.91 Å². The molecule has 4 aromatic rings. The first-order chi connectivity index (χ1) is 15.0. The fourth-order valence-corrected chi connectivity index (χ4v) is 3.21. The van der Waals surface area contributed by atoms with Crippen LogP contribution in [0.15, 0.2) is 80.6 Å². The topological polar surface area (TPSA) is 90.9 Å². The molecule has 0 spiro atoms. The number of amides is 1. The monoisotopic (exact) mass is 419 g/mol. The summed E-state index contributed by atoms with van der Waals surface area (Å²) in [5.41, 5.74) is 1.50. The Bertz CT molecular complexity index is 1240. The number of carbonyl (C=O) groups is 1. The Labute approximate surface area is 178 Å². The van der Waals surface area contributed by atoms with E-state index in [0.717, 1.165) is 22.3 Å². The number of rotatable bonds is 7. The molecule has 0 fully saturated rings. The molecular weight excluding hydrogens is 398 g/mol. The molecule has 0 saturated carbocycles. The van der Waals surface area contributed by atoms with Gasteiger partial charge < -0.3 is 23.6 Å². The summed E-state index contributed by atoms with van der Waals surface area (Å²) in [5.74, 6) is 1.51. The molecule has 1 atom stereocenters. The molecule has 158 valence electrons. The Balaban J connectivity index is 1.54.